The summed E-state index contributed by atoms with van der Waals surface area (Å²) in [4.78, 5) is 24.0. The molecule has 7 nitrogen and oxygen atoms in total. The standard InChI is InChI=1S/C16H21N3O4/c1-9(10(2)18-23)14-7-13(11-4-3-5-12(17)6-11)15(16(21)22)19(14)8-20/h3-6,9-10,14,20H,7-8,17H2,1-2H3,(H,21,22). The van der Waals surface area contributed by atoms with E-state index in [4.69, 9.17) is 5.73 Å². The van der Waals surface area contributed by atoms with E-state index in [2.05, 4.69) is 5.18 Å². The highest BCUT2D eigenvalue weighted by molar-refractivity contribution is 5.97. The molecule has 4 N–H and O–H groups in total. The van der Waals surface area contributed by atoms with Crippen molar-refractivity contribution in [3.63, 3.8) is 0 Å². The first-order valence-corrected chi connectivity index (χ1v) is 7.43. The lowest BCUT2D eigenvalue weighted by Gasteiger charge is -2.31. The third-order valence-electron chi connectivity index (χ3n) is 4.51. The Labute approximate surface area is 134 Å². The quantitative estimate of drug-likeness (QED) is 0.544. The van der Waals surface area contributed by atoms with Gasteiger partial charge in [0.2, 0.25) is 0 Å². The first-order chi connectivity index (χ1) is 10.9. The summed E-state index contributed by atoms with van der Waals surface area (Å²) < 4.78 is 0. The lowest BCUT2D eigenvalue weighted by molar-refractivity contribution is -0.135. The Morgan fingerprint density at radius 3 is 2.70 bits per heavy atom. The van der Waals surface area contributed by atoms with Crippen LogP contribution in [-0.2, 0) is 4.79 Å². The number of carboxylic acids is 1. The minimum absolute atomic E-state index is 0.0491. The summed E-state index contributed by atoms with van der Waals surface area (Å²) in [5.41, 5.74) is 7.69. The van der Waals surface area contributed by atoms with Crippen molar-refractivity contribution in [2.45, 2.75) is 32.4 Å². The van der Waals surface area contributed by atoms with Crippen LogP contribution in [0.15, 0.2) is 35.1 Å². The van der Waals surface area contributed by atoms with Crippen molar-refractivity contribution in [3.05, 3.63) is 40.4 Å². The zero-order valence-corrected chi connectivity index (χ0v) is 13.1. The molecule has 0 bridgehead atoms. The number of nitroso groups, excluding NO2 is 1. The van der Waals surface area contributed by atoms with Gasteiger partial charge in [-0.25, -0.2) is 4.79 Å². The van der Waals surface area contributed by atoms with Gasteiger partial charge in [-0.15, -0.1) is 0 Å². The molecular weight excluding hydrogens is 298 g/mol. The van der Waals surface area contributed by atoms with Crippen LogP contribution in [0.3, 0.4) is 0 Å². The van der Waals surface area contributed by atoms with Gasteiger partial charge in [0.15, 0.2) is 0 Å². The molecule has 0 fully saturated rings. The SMILES string of the molecule is CC(N=O)C(C)C1CC(c2cccc(N)c2)=C(C(=O)O)N1CO. The molecule has 1 aliphatic rings. The second-order valence-corrected chi connectivity index (χ2v) is 5.85. The fourth-order valence-electron chi connectivity index (χ4n) is 3.05. The number of nitrogens with two attached hydrogens (primary N) is 1. The molecule has 1 heterocycles. The van der Waals surface area contributed by atoms with Crippen molar-refractivity contribution in [1.82, 2.24) is 4.90 Å². The Morgan fingerprint density at radius 2 is 2.17 bits per heavy atom. The van der Waals surface area contributed by atoms with E-state index in [1.54, 1.807) is 31.2 Å². The minimum atomic E-state index is -1.11. The van der Waals surface area contributed by atoms with Crippen molar-refractivity contribution < 1.29 is 15.0 Å². The molecule has 0 aliphatic carbocycles. The highest BCUT2D eigenvalue weighted by Crippen LogP contribution is 2.39. The number of nitrogen functional groups attached to an aromatic ring is 1. The molecule has 0 aromatic heterocycles. The maximum Gasteiger partial charge on any atom is 0.352 e. The highest BCUT2D eigenvalue weighted by atomic mass is 16.4. The van der Waals surface area contributed by atoms with Gasteiger partial charge >= 0.3 is 5.97 Å². The topological polar surface area (TPSA) is 116 Å². The molecule has 1 aliphatic heterocycles. The van der Waals surface area contributed by atoms with Crippen molar-refractivity contribution in [1.29, 1.82) is 0 Å². The Balaban J connectivity index is 2.47. The number of benzene rings is 1. The fraction of sp³-hybridized carbons (Fsp3) is 0.438. The van der Waals surface area contributed by atoms with E-state index >= 15 is 0 Å². The number of nitrogens with zero attached hydrogens (tertiary/aromatic N) is 2. The van der Waals surface area contributed by atoms with E-state index in [0.29, 0.717) is 23.2 Å². The van der Waals surface area contributed by atoms with Gasteiger partial charge in [0.05, 0.1) is 6.04 Å². The minimum Gasteiger partial charge on any atom is -0.477 e. The van der Waals surface area contributed by atoms with Crippen LogP contribution in [-0.4, -0.2) is 39.9 Å². The highest BCUT2D eigenvalue weighted by Gasteiger charge is 2.40. The van der Waals surface area contributed by atoms with Gasteiger partial charge in [0.1, 0.15) is 12.4 Å². The molecule has 1 aromatic carbocycles. The molecule has 0 amide bonds. The summed E-state index contributed by atoms with van der Waals surface area (Å²) in [6, 6.07) is 6.19. The van der Waals surface area contributed by atoms with E-state index < -0.39 is 18.7 Å². The van der Waals surface area contributed by atoms with Crippen molar-refractivity contribution >= 4 is 17.2 Å². The molecule has 23 heavy (non-hydrogen) atoms. The second kappa shape index (κ2) is 6.78. The third-order valence-corrected chi connectivity index (χ3v) is 4.51. The van der Waals surface area contributed by atoms with Gasteiger partial charge in [0, 0.05) is 17.6 Å². The predicted octanol–water partition coefficient (Wildman–Crippen LogP) is 1.88. The van der Waals surface area contributed by atoms with Crippen LogP contribution < -0.4 is 5.73 Å². The van der Waals surface area contributed by atoms with Crippen LogP contribution in [0.25, 0.3) is 5.57 Å². The van der Waals surface area contributed by atoms with E-state index in [0.717, 1.165) is 0 Å². The van der Waals surface area contributed by atoms with E-state index in [1.165, 1.54) is 4.90 Å². The maximum absolute atomic E-state index is 11.7. The number of aliphatic hydroxyl groups is 1. The van der Waals surface area contributed by atoms with Crippen LogP contribution in [0, 0.1) is 10.8 Å². The number of anilines is 1. The van der Waals surface area contributed by atoms with E-state index in [9.17, 15) is 19.9 Å². The zero-order valence-electron chi connectivity index (χ0n) is 13.1. The largest absolute Gasteiger partial charge is 0.477 e. The molecule has 1 aromatic rings. The number of hydrogen-bond donors (Lipinski definition) is 3. The first-order valence-electron chi connectivity index (χ1n) is 7.43. The normalized spacial score (nSPS) is 20.5. The van der Waals surface area contributed by atoms with Crippen LogP contribution in [0.5, 0.6) is 0 Å². The summed E-state index contributed by atoms with van der Waals surface area (Å²) in [5.74, 6) is -1.31. The van der Waals surface area contributed by atoms with Crippen molar-refractivity contribution in [3.8, 4) is 0 Å². The Bertz CT molecular complexity index is 644. The fourth-order valence-corrected chi connectivity index (χ4v) is 3.05. The second-order valence-electron chi connectivity index (χ2n) is 5.85. The summed E-state index contributed by atoms with van der Waals surface area (Å²) in [6.07, 6.45) is 0.409. The predicted molar refractivity (Wildman–Crippen MR) is 87.2 cm³/mol. The van der Waals surface area contributed by atoms with Gasteiger partial charge < -0.3 is 20.8 Å². The molecular formula is C16H21N3O4. The van der Waals surface area contributed by atoms with Crippen molar-refractivity contribution in [2.24, 2.45) is 11.1 Å². The molecule has 0 spiro atoms. The number of hydrogen-bond acceptors (Lipinski definition) is 6. The monoisotopic (exact) mass is 319 g/mol. The Hall–Kier alpha value is -2.41. The molecule has 2 rings (SSSR count). The van der Waals surface area contributed by atoms with Crippen LogP contribution >= 0.6 is 0 Å². The van der Waals surface area contributed by atoms with Gasteiger partial charge in [-0.2, -0.15) is 4.91 Å². The molecule has 0 saturated heterocycles. The lowest BCUT2D eigenvalue weighted by Crippen LogP contribution is -2.40. The number of carbonyl (C=O) groups is 1. The molecule has 3 atom stereocenters. The number of aliphatic hydroxyl groups excluding tert-OH is 1. The summed E-state index contributed by atoms with van der Waals surface area (Å²) in [6.45, 7) is 3.08. The number of aliphatic carboxylic acids is 1. The Kier molecular flexibility index (Phi) is 5.00. The van der Waals surface area contributed by atoms with E-state index in [1.807, 2.05) is 6.92 Å². The molecule has 7 heteroatoms. The molecule has 0 saturated carbocycles. The lowest BCUT2D eigenvalue weighted by atomic mass is 9.90. The van der Waals surface area contributed by atoms with Gasteiger partial charge in [-0.1, -0.05) is 24.2 Å². The van der Waals surface area contributed by atoms with E-state index in [-0.39, 0.29) is 17.7 Å². The Morgan fingerprint density at radius 1 is 1.48 bits per heavy atom. The maximum atomic E-state index is 11.7. The van der Waals surface area contributed by atoms with Crippen LogP contribution in [0.4, 0.5) is 5.69 Å². The van der Waals surface area contributed by atoms with Crippen LogP contribution in [0.2, 0.25) is 0 Å². The number of carboxylic acid groups (broad SMARTS) is 1. The molecule has 0 radical (unpaired) electrons. The summed E-state index contributed by atoms with van der Waals surface area (Å²) in [7, 11) is 0. The van der Waals surface area contributed by atoms with Gasteiger partial charge in [-0.05, 0) is 36.6 Å². The molecule has 124 valence electrons. The summed E-state index contributed by atoms with van der Waals surface area (Å²) >= 11 is 0. The third kappa shape index (κ3) is 3.19. The first kappa shape index (κ1) is 17.0. The van der Waals surface area contributed by atoms with Crippen LogP contribution in [0.1, 0.15) is 25.8 Å². The van der Waals surface area contributed by atoms with Gasteiger partial charge in [-0.3, -0.25) is 0 Å². The smallest absolute Gasteiger partial charge is 0.352 e. The average Bonchev–Trinajstić information content (AvgIpc) is 2.93. The van der Waals surface area contributed by atoms with Crippen molar-refractivity contribution in [2.75, 3.05) is 12.5 Å². The zero-order chi connectivity index (χ0) is 17.1. The molecule has 3 unspecified atom stereocenters. The number of rotatable bonds is 6. The average molecular weight is 319 g/mol. The van der Waals surface area contributed by atoms with Gasteiger partial charge in [0.25, 0.3) is 0 Å². The summed E-state index contributed by atoms with van der Waals surface area (Å²) in [5, 5.41) is 22.3.